The highest BCUT2D eigenvalue weighted by Crippen LogP contribution is 2.46. The van der Waals surface area contributed by atoms with E-state index in [0.717, 1.165) is 21.6 Å². The number of hydrogen-bond donors (Lipinski definition) is 1. The zero-order chi connectivity index (χ0) is 34.6. The number of hydrogen-bond acceptors (Lipinski definition) is 5. The molecule has 4 rings (SSSR count). The maximum atomic E-state index is 16.2. The van der Waals surface area contributed by atoms with Crippen LogP contribution in [0.4, 0.5) is 26.7 Å². The van der Waals surface area contributed by atoms with E-state index in [0.29, 0.717) is 16.5 Å². The number of carbonyl (C=O) groups excluding carboxylic acids is 1. The predicted molar refractivity (Wildman–Crippen MR) is 170 cm³/mol. The molecular formula is C34H45F5N2O4Si. The molecule has 0 aliphatic carbocycles. The standard InChI is InChI=1S/C34H45F5N2O4Si/c1-20-16-23-22-12-10-11-13-26(22)41(31(43)45-32(2,3)4)29(23)30(40(20)19-34(37,38)39)28-24(35)17-21(18-25(28)36)27(42)14-15-44-46(8,9)33(5,6)7/h10-13,17-18,20,27,30,42H,14-16,19H2,1-9H3/t20-,27?,30-/m1/s1. The monoisotopic (exact) mass is 668 g/mol. The second kappa shape index (κ2) is 12.7. The first-order valence-corrected chi connectivity index (χ1v) is 18.4. The van der Waals surface area contributed by atoms with Gasteiger partial charge in [0.15, 0.2) is 8.32 Å². The molecule has 1 N–H and O–H groups in total. The molecule has 1 unspecified atom stereocenters. The van der Waals surface area contributed by atoms with Crippen LogP contribution in [-0.2, 0) is 15.6 Å². The van der Waals surface area contributed by atoms with Crippen molar-refractivity contribution in [1.82, 2.24) is 9.47 Å². The lowest BCUT2D eigenvalue weighted by Gasteiger charge is -2.42. The van der Waals surface area contributed by atoms with Crippen molar-refractivity contribution in [3.63, 3.8) is 0 Å². The number of ether oxygens (including phenoxy) is 1. The summed E-state index contributed by atoms with van der Waals surface area (Å²) in [6.07, 6.45) is -6.68. The summed E-state index contributed by atoms with van der Waals surface area (Å²) in [7, 11) is -2.13. The summed E-state index contributed by atoms with van der Waals surface area (Å²) in [6, 6.07) is 6.26. The fraction of sp³-hybridized carbons (Fsp3) is 0.559. The molecule has 6 nitrogen and oxygen atoms in total. The first kappa shape index (κ1) is 36.0. The van der Waals surface area contributed by atoms with Gasteiger partial charge in [0, 0.05) is 23.6 Å². The van der Waals surface area contributed by atoms with Crippen LogP contribution in [0.5, 0.6) is 0 Å². The molecule has 12 heteroatoms. The smallest absolute Gasteiger partial charge is 0.419 e. The zero-order valence-electron chi connectivity index (χ0n) is 28.0. The molecule has 0 amide bonds. The van der Waals surface area contributed by atoms with Crippen molar-refractivity contribution in [2.45, 2.75) is 109 Å². The maximum Gasteiger partial charge on any atom is 0.419 e. The first-order chi connectivity index (χ1) is 21.0. The topological polar surface area (TPSA) is 63.9 Å². The first-order valence-electron chi connectivity index (χ1n) is 15.5. The van der Waals surface area contributed by atoms with Gasteiger partial charge in [-0.2, -0.15) is 13.2 Å². The van der Waals surface area contributed by atoms with Crippen LogP contribution in [0.15, 0.2) is 36.4 Å². The number of aliphatic hydroxyl groups excluding tert-OH is 1. The van der Waals surface area contributed by atoms with Gasteiger partial charge in [-0.3, -0.25) is 4.90 Å². The van der Waals surface area contributed by atoms with E-state index in [4.69, 9.17) is 9.16 Å². The number of benzene rings is 2. The van der Waals surface area contributed by atoms with E-state index in [1.165, 1.54) is 0 Å². The van der Waals surface area contributed by atoms with Crippen LogP contribution in [0.25, 0.3) is 10.9 Å². The fourth-order valence-electron chi connectivity index (χ4n) is 5.78. The maximum absolute atomic E-state index is 16.2. The fourth-order valence-corrected chi connectivity index (χ4v) is 6.84. The summed E-state index contributed by atoms with van der Waals surface area (Å²) in [5.74, 6) is -2.25. The number of fused-ring (bicyclic) bond motifs is 3. The van der Waals surface area contributed by atoms with Crippen LogP contribution < -0.4 is 0 Å². The van der Waals surface area contributed by atoms with Crippen molar-refractivity contribution >= 4 is 25.3 Å². The normalized spacial score (nSPS) is 18.9. The number of halogens is 5. The van der Waals surface area contributed by atoms with Crippen LogP contribution >= 0.6 is 0 Å². The van der Waals surface area contributed by atoms with Crippen molar-refractivity contribution in [2.24, 2.45) is 0 Å². The largest absolute Gasteiger partial charge is 0.443 e. The van der Waals surface area contributed by atoms with Gasteiger partial charge in [-0.25, -0.2) is 18.1 Å². The molecule has 2 aromatic carbocycles. The highest BCUT2D eigenvalue weighted by molar-refractivity contribution is 6.74. The Bertz CT molecular complexity index is 1570. The van der Waals surface area contributed by atoms with Gasteiger partial charge in [0.05, 0.1) is 29.9 Å². The number of aromatic nitrogens is 1. The molecule has 0 fully saturated rings. The number of rotatable bonds is 7. The Morgan fingerprint density at radius 2 is 1.63 bits per heavy atom. The van der Waals surface area contributed by atoms with Crippen LogP contribution in [-0.4, -0.2) is 60.0 Å². The van der Waals surface area contributed by atoms with E-state index in [1.54, 1.807) is 52.0 Å². The minimum Gasteiger partial charge on any atom is -0.443 e. The quantitative estimate of drug-likeness (QED) is 0.201. The Morgan fingerprint density at radius 3 is 2.17 bits per heavy atom. The lowest BCUT2D eigenvalue weighted by Crippen LogP contribution is -2.48. The van der Waals surface area contributed by atoms with Gasteiger partial charge < -0.3 is 14.3 Å². The number of nitrogens with zero attached hydrogens (tertiary/aromatic N) is 2. The second-order valence-corrected chi connectivity index (χ2v) is 19.6. The summed E-state index contributed by atoms with van der Waals surface area (Å²) in [5, 5.41) is 11.4. The van der Waals surface area contributed by atoms with Gasteiger partial charge in [0.1, 0.15) is 17.2 Å². The number of aliphatic hydroxyl groups is 1. The molecule has 1 aliphatic heterocycles. The summed E-state index contributed by atoms with van der Waals surface area (Å²) < 4.78 is 87.4. The van der Waals surface area contributed by atoms with Crippen LogP contribution in [0.1, 0.15) is 89.4 Å². The second-order valence-electron chi connectivity index (χ2n) is 14.8. The molecule has 3 atom stereocenters. The van der Waals surface area contributed by atoms with E-state index in [-0.39, 0.29) is 35.7 Å². The van der Waals surface area contributed by atoms with Gasteiger partial charge in [-0.1, -0.05) is 39.0 Å². The molecule has 1 aromatic heterocycles. The molecule has 0 radical (unpaired) electrons. The Hall–Kier alpha value is -2.80. The minimum absolute atomic E-state index is 0.0201. The third-order valence-electron chi connectivity index (χ3n) is 9.03. The molecular weight excluding hydrogens is 623 g/mol. The van der Waals surface area contributed by atoms with E-state index < -0.39 is 68.1 Å². The van der Waals surface area contributed by atoms with Gasteiger partial charge in [-0.05, 0) is 88.0 Å². The Labute approximate surface area is 268 Å². The SMILES string of the molecule is C[C@@H]1Cc2c(n(C(=O)OC(C)(C)C)c3ccccc23)[C@@H](c2c(F)cc(C(O)CCO[Si](C)(C)C(C)(C)C)cc2F)N1CC(F)(F)F. The minimum atomic E-state index is -4.71. The summed E-state index contributed by atoms with van der Waals surface area (Å²) in [4.78, 5) is 14.7. The van der Waals surface area contributed by atoms with Crippen molar-refractivity contribution < 1.29 is 41.0 Å². The Morgan fingerprint density at radius 1 is 1.04 bits per heavy atom. The molecule has 46 heavy (non-hydrogen) atoms. The lowest BCUT2D eigenvalue weighted by molar-refractivity contribution is -0.155. The molecule has 254 valence electrons. The Kier molecular flexibility index (Phi) is 9.92. The molecule has 2 heterocycles. The van der Waals surface area contributed by atoms with Crippen LogP contribution in [0.3, 0.4) is 0 Å². The van der Waals surface area contributed by atoms with Crippen molar-refractivity contribution in [2.75, 3.05) is 13.2 Å². The third-order valence-corrected chi connectivity index (χ3v) is 13.6. The van der Waals surface area contributed by atoms with Gasteiger partial charge >= 0.3 is 12.3 Å². The number of carbonyl (C=O) groups is 1. The summed E-state index contributed by atoms with van der Waals surface area (Å²) in [5.41, 5.74) is -0.756. The predicted octanol–water partition coefficient (Wildman–Crippen LogP) is 9.05. The van der Waals surface area contributed by atoms with Crippen molar-refractivity contribution in [1.29, 1.82) is 0 Å². The summed E-state index contributed by atoms with van der Waals surface area (Å²) >= 11 is 0. The molecule has 0 saturated heterocycles. The van der Waals surface area contributed by atoms with Crippen molar-refractivity contribution in [3.8, 4) is 0 Å². The Balaban J connectivity index is 1.85. The number of alkyl halides is 3. The average Bonchev–Trinajstić information content (AvgIpc) is 3.21. The molecule has 0 saturated carbocycles. The van der Waals surface area contributed by atoms with Gasteiger partial charge in [-0.15, -0.1) is 0 Å². The van der Waals surface area contributed by atoms with Gasteiger partial charge in [0.2, 0.25) is 0 Å². The zero-order valence-corrected chi connectivity index (χ0v) is 29.0. The molecule has 0 bridgehead atoms. The van der Waals surface area contributed by atoms with Gasteiger partial charge in [0.25, 0.3) is 0 Å². The summed E-state index contributed by atoms with van der Waals surface area (Å²) in [6.45, 7) is 15.5. The number of para-hydroxylation sites is 1. The van der Waals surface area contributed by atoms with E-state index >= 15 is 8.78 Å². The average molecular weight is 669 g/mol. The molecule has 3 aromatic rings. The van der Waals surface area contributed by atoms with E-state index in [1.807, 2.05) is 0 Å². The molecule has 1 aliphatic rings. The van der Waals surface area contributed by atoms with Crippen molar-refractivity contribution in [3.05, 3.63) is 70.4 Å². The molecule has 0 spiro atoms. The highest BCUT2D eigenvalue weighted by Gasteiger charge is 2.46. The lowest BCUT2D eigenvalue weighted by atomic mass is 9.87. The van der Waals surface area contributed by atoms with Crippen LogP contribution in [0, 0.1) is 11.6 Å². The highest BCUT2D eigenvalue weighted by atomic mass is 28.4. The third kappa shape index (κ3) is 7.50. The van der Waals surface area contributed by atoms with Crippen LogP contribution in [0.2, 0.25) is 18.1 Å². The van der Waals surface area contributed by atoms with E-state index in [9.17, 15) is 23.1 Å². The van der Waals surface area contributed by atoms with E-state index in [2.05, 4.69) is 33.9 Å².